The molecule has 0 bridgehead atoms. The van der Waals surface area contributed by atoms with Gasteiger partial charge in [0.2, 0.25) is 0 Å². The Morgan fingerprint density at radius 2 is 1.78 bits per heavy atom. The molecule has 0 aliphatic rings. The standard InChI is InChI=1S/C23H27F2NO6/c1-12(2)22(14(4)31-18-7-6-15(24)11-16(18)25)32-23(29)13(3)10-17(27)20-21(28)19(30-5)8-9-26-20/h6-9,11-14,22,28H,10H2,1-5H3/t13-,14+,22-/m1/s1. The molecule has 0 saturated carbocycles. The van der Waals surface area contributed by atoms with Crippen molar-refractivity contribution in [2.75, 3.05) is 7.11 Å². The smallest absolute Gasteiger partial charge is 0.309 e. The predicted octanol–water partition coefficient (Wildman–Crippen LogP) is 4.32. The van der Waals surface area contributed by atoms with Crippen molar-refractivity contribution >= 4 is 11.8 Å². The highest BCUT2D eigenvalue weighted by Crippen LogP contribution is 2.29. The number of benzene rings is 1. The first kappa shape index (κ1) is 25.0. The average molecular weight is 451 g/mol. The molecule has 0 fully saturated rings. The van der Waals surface area contributed by atoms with Gasteiger partial charge in [-0.3, -0.25) is 9.59 Å². The Labute approximate surface area is 185 Å². The summed E-state index contributed by atoms with van der Waals surface area (Å²) in [6.07, 6.45) is -0.435. The molecule has 0 saturated heterocycles. The summed E-state index contributed by atoms with van der Waals surface area (Å²) >= 11 is 0. The maximum Gasteiger partial charge on any atom is 0.309 e. The van der Waals surface area contributed by atoms with Crippen LogP contribution in [0, 0.1) is 23.5 Å². The topological polar surface area (TPSA) is 95.0 Å². The second-order valence-electron chi connectivity index (χ2n) is 7.78. The van der Waals surface area contributed by atoms with Crippen molar-refractivity contribution in [3.63, 3.8) is 0 Å². The van der Waals surface area contributed by atoms with Crippen LogP contribution in [0.3, 0.4) is 0 Å². The van der Waals surface area contributed by atoms with Gasteiger partial charge >= 0.3 is 5.97 Å². The number of aromatic nitrogens is 1. The van der Waals surface area contributed by atoms with Gasteiger partial charge in [-0.15, -0.1) is 0 Å². The second-order valence-corrected chi connectivity index (χ2v) is 7.78. The number of ether oxygens (including phenoxy) is 3. The second kappa shape index (κ2) is 10.9. The maximum absolute atomic E-state index is 13.9. The lowest BCUT2D eigenvalue weighted by atomic mass is 10.00. The SMILES string of the molecule is COc1ccnc(C(=O)C[C@@H](C)C(=O)O[C@H](C(C)C)[C@H](C)Oc2ccc(F)cc2F)c1O. The van der Waals surface area contributed by atoms with Crippen molar-refractivity contribution in [1.82, 2.24) is 4.98 Å². The van der Waals surface area contributed by atoms with E-state index in [-0.39, 0.29) is 29.5 Å². The number of ketones is 1. The van der Waals surface area contributed by atoms with Gasteiger partial charge in [0, 0.05) is 24.8 Å². The van der Waals surface area contributed by atoms with Gasteiger partial charge in [0.15, 0.2) is 34.5 Å². The zero-order valence-corrected chi connectivity index (χ0v) is 18.6. The summed E-state index contributed by atoms with van der Waals surface area (Å²) in [4.78, 5) is 29.0. The molecule has 2 rings (SSSR count). The van der Waals surface area contributed by atoms with Crippen molar-refractivity contribution < 1.29 is 37.7 Å². The zero-order chi connectivity index (χ0) is 24.0. The quantitative estimate of drug-likeness (QED) is 0.425. The van der Waals surface area contributed by atoms with Crippen LogP contribution in [0.15, 0.2) is 30.5 Å². The van der Waals surface area contributed by atoms with Gasteiger partial charge in [-0.1, -0.05) is 20.8 Å². The van der Waals surface area contributed by atoms with E-state index in [1.807, 2.05) is 0 Å². The molecule has 1 aromatic carbocycles. The van der Waals surface area contributed by atoms with E-state index in [0.29, 0.717) is 6.07 Å². The maximum atomic E-state index is 13.9. The van der Waals surface area contributed by atoms with Crippen LogP contribution in [0.5, 0.6) is 17.2 Å². The molecule has 7 nitrogen and oxygen atoms in total. The van der Waals surface area contributed by atoms with Crippen molar-refractivity contribution in [1.29, 1.82) is 0 Å². The first-order chi connectivity index (χ1) is 15.0. The Hall–Kier alpha value is -3.23. The van der Waals surface area contributed by atoms with Crippen LogP contribution in [-0.4, -0.2) is 41.2 Å². The number of hydrogen-bond donors (Lipinski definition) is 1. The first-order valence-corrected chi connectivity index (χ1v) is 10.1. The number of esters is 1. The molecular weight excluding hydrogens is 424 g/mol. The number of aromatic hydroxyl groups is 1. The Balaban J connectivity index is 2.06. The molecule has 0 aliphatic carbocycles. The lowest BCUT2D eigenvalue weighted by Gasteiger charge is -2.29. The van der Waals surface area contributed by atoms with Crippen LogP contribution < -0.4 is 9.47 Å². The number of pyridine rings is 1. The molecular formula is C23H27F2NO6. The number of carbonyl (C=O) groups excluding carboxylic acids is 2. The number of rotatable bonds is 10. The molecule has 0 amide bonds. The third kappa shape index (κ3) is 6.15. The van der Waals surface area contributed by atoms with Gasteiger partial charge in [-0.25, -0.2) is 13.8 Å². The Morgan fingerprint density at radius 1 is 1.09 bits per heavy atom. The summed E-state index contributed by atoms with van der Waals surface area (Å²) in [5.74, 6) is -4.31. The highest BCUT2D eigenvalue weighted by atomic mass is 19.1. The Bertz CT molecular complexity index is 965. The van der Waals surface area contributed by atoms with Crippen LogP contribution in [0.4, 0.5) is 8.78 Å². The summed E-state index contributed by atoms with van der Waals surface area (Å²) in [6, 6.07) is 4.34. The molecule has 0 unspecified atom stereocenters. The molecule has 1 heterocycles. The van der Waals surface area contributed by atoms with Gasteiger partial charge in [-0.05, 0) is 25.0 Å². The van der Waals surface area contributed by atoms with Crippen molar-refractivity contribution in [3.05, 3.63) is 47.8 Å². The van der Waals surface area contributed by atoms with Gasteiger partial charge in [0.25, 0.3) is 0 Å². The van der Waals surface area contributed by atoms with E-state index in [1.54, 1.807) is 20.8 Å². The molecule has 9 heteroatoms. The largest absolute Gasteiger partial charge is 0.503 e. The number of halogens is 2. The molecule has 0 radical (unpaired) electrons. The number of carbonyl (C=O) groups is 2. The molecule has 174 valence electrons. The van der Waals surface area contributed by atoms with Crippen LogP contribution >= 0.6 is 0 Å². The highest BCUT2D eigenvalue weighted by molar-refractivity contribution is 5.99. The van der Waals surface area contributed by atoms with Crippen LogP contribution in [-0.2, 0) is 9.53 Å². The summed E-state index contributed by atoms with van der Waals surface area (Å²) in [6.45, 7) is 6.72. The number of Topliss-reactive ketones (excluding diaryl/α,β-unsaturated/α-hetero) is 1. The molecule has 0 aliphatic heterocycles. The fourth-order valence-electron chi connectivity index (χ4n) is 3.13. The van der Waals surface area contributed by atoms with E-state index < -0.39 is 47.3 Å². The molecule has 2 aromatic rings. The number of methoxy groups -OCH3 is 1. The molecule has 1 aromatic heterocycles. The van der Waals surface area contributed by atoms with E-state index in [4.69, 9.17) is 14.2 Å². The zero-order valence-electron chi connectivity index (χ0n) is 18.6. The third-order valence-electron chi connectivity index (χ3n) is 4.84. The molecule has 32 heavy (non-hydrogen) atoms. The van der Waals surface area contributed by atoms with Gasteiger partial charge in [0.1, 0.15) is 18.0 Å². The monoisotopic (exact) mass is 451 g/mol. The molecule has 0 spiro atoms. The van der Waals surface area contributed by atoms with Crippen LogP contribution in [0.1, 0.15) is 44.6 Å². The van der Waals surface area contributed by atoms with Crippen molar-refractivity contribution in [2.24, 2.45) is 11.8 Å². The number of nitrogens with zero attached hydrogens (tertiary/aromatic N) is 1. The van der Waals surface area contributed by atoms with Gasteiger partial charge in [-0.2, -0.15) is 0 Å². The van der Waals surface area contributed by atoms with E-state index >= 15 is 0 Å². The lowest BCUT2D eigenvalue weighted by molar-refractivity contribution is -0.161. The highest BCUT2D eigenvalue weighted by Gasteiger charge is 2.31. The molecule has 3 atom stereocenters. The summed E-state index contributed by atoms with van der Waals surface area (Å²) in [7, 11) is 1.34. The van der Waals surface area contributed by atoms with E-state index in [9.17, 15) is 23.5 Å². The number of hydrogen-bond acceptors (Lipinski definition) is 7. The summed E-state index contributed by atoms with van der Waals surface area (Å²) in [5.41, 5.74) is -0.201. The Morgan fingerprint density at radius 3 is 2.38 bits per heavy atom. The minimum Gasteiger partial charge on any atom is -0.503 e. The lowest BCUT2D eigenvalue weighted by Crippen LogP contribution is -2.39. The first-order valence-electron chi connectivity index (χ1n) is 10.1. The average Bonchev–Trinajstić information content (AvgIpc) is 2.73. The minimum absolute atomic E-state index is 0.0949. The van der Waals surface area contributed by atoms with Crippen molar-refractivity contribution in [2.45, 2.75) is 46.3 Å². The summed E-state index contributed by atoms with van der Waals surface area (Å²) < 4.78 is 43.1. The summed E-state index contributed by atoms with van der Waals surface area (Å²) in [5, 5.41) is 10.1. The van der Waals surface area contributed by atoms with Gasteiger partial charge < -0.3 is 19.3 Å². The van der Waals surface area contributed by atoms with E-state index in [2.05, 4.69) is 4.98 Å². The fourth-order valence-corrected chi connectivity index (χ4v) is 3.13. The van der Waals surface area contributed by atoms with Crippen molar-refractivity contribution in [3.8, 4) is 17.2 Å². The Kier molecular flexibility index (Phi) is 8.51. The van der Waals surface area contributed by atoms with Crippen LogP contribution in [0.25, 0.3) is 0 Å². The predicted molar refractivity (Wildman–Crippen MR) is 112 cm³/mol. The van der Waals surface area contributed by atoms with Gasteiger partial charge in [0.05, 0.1) is 13.0 Å². The molecule has 1 N–H and O–H groups in total. The normalized spacial score (nSPS) is 13.9. The third-order valence-corrected chi connectivity index (χ3v) is 4.84. The van der Waals surface area contributed by atoms with Crippen LogP contribution in [0.2, 0.25) is 0 Å². The van der Waals surface area contributed by atoms with E-state index in [0.717, 1.165) is 12.1 Å². The fraction of sp³-hybridized carbons (Fsp3) is 0.435. The van der Waals surface area contributed by atoms with E-state index in [1.165, 1.54) is 26.3 Å². The minimum atomic E-state index is -0.866.